The van der Waals surface area contributed by atoms with Crippen molar-refractivity contribution in [2.45, 2.75) is 13.0 Å². The number of carbonyl (C=O) groups is 2. The number of benzene rings is 1. The van der Waals surface area contributed by atoms with Crippen molar-refractivity contribution in [1.82, 2.24) is 14.9 Å². The summed E-state index contributed by atoms with van der Waals surface area (Å²) in [5, 5.41) is 4.11. The van der Waals surface area contributed by atoms with Crippen LogP contribution in [0.3, 0.4) is 0 Å². The van der Waals surface area contributed by atoms with Crippen molar-refractivity contribution in [3.63, 3.8) is 0 Å². The van der Waals surface area contributed by atoms with E-state index in [1.165, 1.54) is 12.0 Å². The third-order valence-corrected chi connectivity index (χ3v) is 4.85. The van der Waals surface area contributed by atoms with Crippen LogP contribution in [0, 0.1) is 6.92 Å². The number of carbonyl (C=O) groups excluding carboxylic acids is 2. The van der Waals surface area contributed by atoms with Gasteiger partial charge in [-0.2, -0.15) is 0 Å². The van der Waals surface area contributed by atoms with Crippen molar-refractivity contribution in [3.05, 3.63) is 53.3 Å². The molecule has 4 rings (SSSR count). The van der Waals surface area contributed by atoms with Gasteiger partial charge in [-0.1, -0.05) is 17.3 Å². The van der Waals surface area contributed by atoms with Crippen LogP contribution < -0.4 is 4.90 Å². The Morgan fingerprint density at radius 3 is 2.31 bits per heavy atom. The molecule has 0 N–H and O–H groups in total. The third-order valence-electron chi connectivity index (χ3n) is 4.85. The summed E-state index contributed by atoms with van der Waals surface area (Å²) in [6, 6.07) is 6.79. The van der Waals surface area contributed by atoms with Gasteiger partial charge in [0.15, 0.2) is 0 Å². The minimum Gasteiger partial charge on any atom is -0.393 e. The Kier molecular flexibility index (Phi) is 5.22. The van der Waals surface area contributed by atoms with E-state index in [0.717, 1.165) is 11.3 Å². The van der Waals surface area contributed by atoms with Gasteiger partial charge in [-0.25, -0.2) is 9.97 Å². The Morgan fingerprint density at radius 2 is 1.72 bits per heavy atom. The van der Waals surface area contributed by atoms with E-state index in [2.05, 4.69) is 15.1 Å². The fourth-order valence-electron chi connectivity index (χ4n) is 3.16. The van der Waals surface area contributed by atoms with E-state index in [4.69, 9.17) is 9.57 Å². The molecule has 2 aliphatic heterocycles. The molecule has 0 bridgehead atoms. The first-order chi connectivity index (χ1) is 14.1. The molecule has 2 amide bonds. The van der Waals surface area contributed by atoms with Crippen molar-refractivity contribution in [2.24, 2.45) is 5.16 Å². The Morgan fingerprint density at radius 1 is 1.10 bits per heavy atom. The van der Waals surface area contributed by atoms with Crippen molar-refractivity contribution in [3.8, 4) is 0 Å². The zero-order valence-corrected chi connectivity index (χ0v) is 16.2. The number of aromatic nitrogens is 2. The van der Waals surface area contributed by atoms with E-state index in [9.17, 15) is 9.59 Å². The predicted molar refractivity (Wildman–Crippen MR) is 105 cm³/mol. The van der Waals surface area contributed by atoms with Gasteiger partial charge in [-0.3, -0.25) is 14.5 Å². The van der Waals surface area contributed by atoms with Crippen LogP contribution >= 0.6 is 0 Å². The third kappa shape index (κ3) is 3.81. The summed E-state index contributed by atoms with van der Waals surface area (Å²) in [5.74, 6) is 0.0355. The lowest BCUT2D eigenvalue weighted by atomic mass is 10.1. The second-order valence-corrected chi connectivity index (χ2v) is 6.99. The number of aryl methyl sites for hydroxylation is 1. The highest BCUT2D eigenvalue weighted by molar-refractivity contribution is 6.21. The molecule has 2 aliphatic rings. The van der Waals surface area contributed by atoms with E-state index >= 15 is 0 Å². The zero-order chi connectivity index (χ0) is 20.4. The molecular weight excluding hydrogens is 374 g/mol. The average Bonchev–Trinajstić information content (AvgIpc) is 2.94. The van der Waals surface area contributed by atoms with Gasteiger partial charge in [0, 0.05) is 19.5 Å². The van der Waals surface area contributed by atoms with Crippen LogP contribution in [0.15, 0.2) is 41.8 Å². The molecule has 3 heterocycles. The number of oxime groups is 1. The lowest BCUT2D eigenvalue weighted by Crippen LogP contribution is -2.48. The van der Waals surface area contributed by atoms with Crippen LogP contribution in [0.2, 0.25) is 0 Å². The number of nitrogens with zero attached hydrogens (tertiary/aromatic N) is 5. The Balaban J connectivity index is 1.28. The standard InChI is InChI=1S/C20H21N5O4/c1-13-7-21-20(22-8-13)24-9-14(10-24)23-29-12-15(28-2)11-25-18(26)16-5-3-4-6-17(16)19(25)27/h3-8,15H,9-12H2,1-2H3. The summed E-state index contributed by atoms with van der Waals surface area (Å²) in [7, 11) is 1.51. The monoisotopic (exact) mass is 395 g/mol. The van der Waals surface area contributed by atoms with Crippen LogP contribution in [0.4, 0.5) is 5.95 Å². The van der Waals surface area contributed by atoms with Crippen LogP contribution in [-0.4, -0.2) is 71.8 Å². The van der Waals surface area contributed by atoms with Crippen LogP contribution in [0.5, 0.6) is 0 Å². The number of hydrogen-bond acceptors (Lipinski definition) is 8. The van der Waals surface area contributed by atoms with Gasteiger partial charge >= 0.3 is 0 Å². The smallest absolute Gasteiger partial charge is 0.261 e. The maximum Gasteiger partial charge on any atom is 0.261 e. The second-order valence-electron chi connectivity index (χ2n) is 6.99. The minimum absolute atomic E-state index is 0.108. The molecule has 1 saturated heterocycles. The molecule has 0 saturated carbocycles. The van der Waals surface area contributed by atoms with Crippen molar-refractivity contribution < 1.29 is 19.2 Å². The molecule has 1 atom stereocenters. The molecule has 1 aromatic heterocycles. The van der Waals surface area contributed by atoms with Crippen LogP contribution in [0.1, 0.15) is 26.3 Å². The molecule has 0 aliphatic carbocycles. The molecular formula is C20H21N5O4. The van der Waals surface area contributed by atoms with Gasteiger partial charge in [-0.15, -0.1) is 0 Å². The van der Waals surface area contributed by atoms with Crippen molar-refractivity contribution >= 4 is 23.5 Å². The molecule has 0 spiro atoms. The maximum absolute atomic E-state index is 12.5. The molecule has 2 aromatic rings. The first kappa shape index (κ1) is 19.0. The summed E-state index contributed by atoms with van der Waals surface area (Å²) < 4.78 is 5.37. The normalized spacial score (nSPS) is 16.6. The maximum atomic E-state index is 12.5. The van der Waals surface area contributed by atoms with Gasteiger partial charge in [0.2, 0.25) is 5.95 Å². The lowest BCUT2D eigenvalue weighted by molar-refractivity contribution is -0.00399. The average molecular weight is 395 g/mol. The molecule has 1 fully saturated rings. The number of anilines is 1. The lowest BCUT2D eigenvalue weighted by Gasteiger charge is -2.32. The van der Waals surface area contributed by atoms with E-state index in [-0.39, 0.29) is 25.0 Å². The Hall–Kier alpha value is -3.33. The summed E-state index contributed by atoms with van der Waals surface area (Å²) in [6.07, 6.45) is 3.07. The number of imide groups is 1. The zero-order valence-electron chi connectivity index (χ0n) is 16.2. The fraction of sp³-hybridized carbons (Fsp3) is 0.350. The highest BCUT2D eigenvalue weighted by Gasteiger charge is 2.36. The van der Waals surface area contributed by atoms with E-state index in [1.54, 1.807) is 36.7 Å². The van der Waals surface area contributed by atoms with Gasteiger partial charge in [0.05, 0.1) is 36.5 Å². The molecule has 29 heavy (non-hydrogen) atoms. The van der Waals surface area contributed by atoms with E-state index in [0.29, 0.717) is 30.2 Å². The number of fused-ring (bicyclic) bond motifs is 1. The SMILES string of the molecule is COC(CON=C1CN(c2ncc(C)cn2)C1)CN1C(=O)c2ccccc2C1=O. The number of hydrogen-bond donors (Lipinski definition) is 0. The first-order valence-corrected chi connectivity index (χ1v) is 9.26. The highest BCUT2D eigenvalue weighted by Crippen LogP contribution is 2.23. The molecule has 9 heteroatoms. The van der Waals surface area contributed by atoms with Gasteiger partial charge < -0.3 is 14.5 Å². The number of amides is 2. The van der Waals surface area contributed by atoms with Crippen LogP contribution in [0.25, 0.3) is 0 Å². The predicted octanol–water partition coefficient (Wildman–Crippen LogP) is 1.29. The van der Waals surface area contributed by atoms with Gasteiger partial charge in [-0.05, 0) is 24.6 Å². The number of ether oxygens (including phenoxy) is 1. The Labute approximate surface area is 167 Å². The molecule has 1 aromatic carbocycles. The largest absolute Gasteiger partial charge is 0.393 e. The fourth-order valence-corrected chi connectivity index (χ4v) is 3.16. The number of methoxy groups -OCH3 is 1. The summed E-state index contributed by atoms with van der Waals surface area (Å²) in [4.78, 5) is 42.0. The van der Waals surface area contributed by atoms with E-state index in [1.807, 2.05) is 11.8 Å². The van der Waals surface area contributed by atoms with Crippen molar-refractivity contribution in [2.75, 3.05) is 38.3 Å². The quantitative estimate of drug-likeness (QED) is 0.515. The highest BCUT2D eigenvalue weighted by atomic mass is 16.6. The topological polar surface area (TPSA) is 97.2 Å². The van der Waals surface area contributed by atoms with Crippen molar-refractivity contribution in [1.29, 1.82) is 0 Å². The molecule has 150 valence electrons. The van der Waals surface area contributed by atoms with Gasteiger partial charge in [0.25, 0.3) is 11.8 Å². The molecule has 9 nitrogen and oxygen atoms in total. The Bertz CT molecular complexity index is 917. The minimum atomic E-state index is -0.474. The summed E-state index contributed by atoms with van der Waals surface area (Å²) in [5.41, 5.74) is 2.71. The summed E-state index contributed by atoms with van der Waals surface area (Å²) in [6.45, 7) is 3.37. The number of rotatable bonds is 7. The molecule has 1 unspecified atom stereocenters. The van der Waals surface area contributed by atoms with Gasteiger partial charge in [0.1, 0.15) is 12.7 Å². The van der Waals surface area contributed by atoms with E-state index < -0.39 is 6.10 Å². The second kappa shape index (κ2) is 7.96. The molecule has 0 radical (unpaired) electrons. The van der Waals surface area contributed by atoms with Crippen LogP contribution in [-0.2, 0) is 9.57 Å². The summed E-state index contributed by atoms with van der Waals surface area (Å²) >= 11 is 0. The first-order valence-electron chi connectivity index (χ1n) is 9.26.